The van der Waals surface area contributed by atoms with E-state index in [1.807, 2.05) is 42.5 Å². The van der Waals surface area contributed by atoms with Crippen LogP contribution in [0.25, 0.3) is 11.0 Å². The molecule has 0 aliphatic heterocycles. The molecule has 0 bridgehead atoms. The molecule has 1 amide bonds. The van der Waals surface area contributed by atoms with E-state index in [0.29, 0.717) is 18.7 Å². The Morgan fingerprint density at radius 2 is 1.89 bits per heavy atom. The fourth-order valence-electron chi connectivity index (χ4n) is 3.12. The molecule has 3 aromatic rings. The average molecular weight is 365 g/mol. The summed E-state index contributed by atoms with van der Waals surface area (Å²) in [5.41, 5.74) is 3.41. The van der Waals surface area contributed by atoms with Crippen LogP contribution in [0.4, 0.5) is 0 Å². The minimum atomic E-state index is -0.118. The topological polar surface area (TPSA) is 56.2 Å². The summed E-state index contributed by atoms with van der Waals surface area (Å²) in [4.78, 5) is 16.8. The second kappa shape index (κ2) is 9.21. The molecular formula is C22H27N3O2. The number of rotatable bonds is 9. The number of aromatic nitrogens is 2. The number of hydrogen-bond acceptors (Lipinski definition) is 3. The van der Waals surface area contributed by atoms with Gasteiger partial charge in [0.1, 0.15) is 11.6 Å². The Balaban J connectivity index is 1.51. The van der Waals surface area contributed by atoms with Gasteiger partial charge in [-0.2, -0.15) is 0 Å². The fourth-order valence-corrected chi connectivity index (χ4v) is 3.12. The van der Waals surface area contributed by atoms with Gasteiger partial charge in [0.25, 0.3) is 5.91 Å². The molecule has 0 saturated heterocycles. The predicted molar refractivity (Wildman–Crippen MR) is 108 cm³/mol. The SMILES string of the molecule is CCCn1c(CCNC(=O)COc2ccc(CC)cc2)nc2ccccc21. The van der Waals surface area contributed by atoms with Crippen molar-refractivity contribution in [2.24, 2.45) is 0 Å². The van der Waals surface area contributed by atoms with Gasteiger partial charge in [0.05, 0.1) is 11.0 Å². The van der Waals surface area contributed by atoms with Gasteiger partial charge in [-0.1, -0.05) is 38.1 Å². The van der Waals surface area contributed by atoms with Gasteiger partial charge < -0.3 is 14.6 Å². The lowest BCUT2D eigenvalue weighted by molar-refractivity contribution is -0.123. The first-order valence-electron chi connectivity index (χ1n) is 9.63. The quantitative estimate of drug-likeness (QED) is 0.628. The number of hydrogen-bond donors (Lipinski definition) is 1. The van der Waals surface area contributed by atoms with Crippen molar-refractivity contribution in [1.82, 2.24) is 14.9 Å². The maximum absolute atomic E-state index is 12.0. The molecule has 1 heterocycles. The van der Waals surface area contributed by atoms with Gasteiger partial charge in [-0.3, -0.25) is 4.79 Å². The highest BCUT2D eigenvalue weighted by Gasteiger charge is 2.10. The second-order valence-corrected chi connectivity index (χ2v) is 6.55. The third kappa shape index (κ3) is 4.88. The normalized spacial score (nSPS) is 10.9. The Bertz CT molecular complexity index is 884. The summed E-state index contributed by atoms with van der Waals surface area (Å²) in [7, 11) is 0. The average Bonchev–Trinajstić information content (AvgIpc) is 3.05. The standard InChI is InChI=1S/C22H27N3O2/c1-3-15-25-20-8-6-5-7-19(20)24-21(25)13-14-23-22(26)16-27-18-11-9-17(4-2)10-12-18/h5-12H,3-4,13-16H2,1-2H3,(H,23,26). The van der Waals surface area contributed by atoms with Crippen LogP contribution in [0.15, 0.2) is 48.5 Å². The molecule has 0 unspecified atom stereocenters. The van der Waals surface area contributed by atoms with E-state index in [4.69, 9.17) is 9.72 Å². The third-order valence-electron chi connectivity index (χ3n) is 4.55. The number of carbonyl (C=O) groups excluding carboxylic acids is 1. The Kier molecular flexibility index (Phi) is 6.47. The van der Waals surface area contributed by atoms with Gasteiger partial charge in [0.15, 0.2) is 6.61 Å². The van der Waals surface area contributed by atoms with Gasteiger partial charge in [0.2, 0.25) is 0 Å². The van der Waals surface area contributed by atoms with Gasteiger partial charge in [-0.15, -0.1) is 0 Å². The van der Waals surface area contributed by atoms with Gasteiger partial charge >= 0.3 is 0 Å². The highest BCUT2D eigenvalue weighted by atomic mass is 16.5. The molecule has 0 atom stereocenters. The molecule has 0 spiro atoms. The minimum Gasteiger partial charge on any atom is -0.484 e. The maximum atomic E-state index is 12.0. The van der Waals surface area contributed by atoms with Crippen LogP contribution in [0, 0.1) is 0 Å². The smallest absolute Gasteiger partial charge is 0.257 e. The van der Waals surface area contributed by atoms with Crippen molar-refractivity contribution >= 4 is 16.9 Å². The number of ether oxygens (including phenoxy) is 1. The van der Waals surface area contributed by atoms with E-state index in [9.17, 15) is 4.79 Å². The number of benzene rings is 2. The molecule has 0 radical (unpaired) electrons. The fraction of sp³-hybridized carbons (Fsp3) is 0.364. The van der Waals surface area contributed by atoms with Crippen LogP contribution in [-0.2, 0) is 24.2 Å². The Morgan fingerprint density at radius 1 is 1.11 bits per heavy atom. The molecule has 5 heteroatoms. The molecular weight excluding hydrogens is 338 g/mol. The van der Waals surface area contributed by atoms with Crippen LogP contribution in [-0.4, -0.2) is 28.6 Å². The number of amides is 1. The predicted octanol–water partition coefficient (Wildman–Crippen LogP) is 3.75. The maximum Gasteiger partial charge on any atom is 0.257 e. The molecule has 142 valence electrons. The number of carbonyl (C=O) groups is 1. The number of imidazole rings is 1. The zero-order valence-electron chi connectivity index (χ0n) is 16.1. The van der Waals surface area contributed by atoms with Gasteiger partial charge in [-0.05, 0) is 42.7 Å². The summed E-state index contributed by atoms with van der Waals surface area (Å²) >= 11 is 0. The Hall–Kier alpha value is -2.82. The van der Waals surface area contributed by atoms with Crippen LogP contribution >= 0.6 is 0 Å². The number of nitrogens with one attached hydrogen (secondary N) is 1. The van der Waals surface area contributed by atoms with E-state index in [1.165, 1.54) is 5.56 Å². The lowest BCUT2D eigenvalue weighted by Gasteiger charge is -2.10. The molecule has 0 aliphatic rings. The molecule has 5 nitrogen and oxygen atoms in total. The van der Waals surface area contributed by atoms with E-state index in [1.54, 1.807) is 0 Å². The molecule has 1 N–H and O–H groups in total. The van der Waals surface area contributed by atoms with Crippen molar-refractivity contribution in [2.45, 2.75) is 39.7 Å². The molecule has 1 aromatic heterocycles. The largest absolute Gasteiger partial charge is 0.484 e. The first kappa shape index (κ1) is 19.0. The molecule has 3 rings (SSSR count). The van der Waals surface area contributed by atoms with Crippen molar-refractivity contribution in [3.8, 4) is 5.75 Å². The second-order valence-electron chi connectivity index (χ2n) is 6.55. The summed E-state index contributed by atoms with van der Waals surface area (Å²) in [6, 6.07) is 16.0. The number of para-hydroxylation sites is 2. The summed E-state index contributed by atoms with van der Waals surface area (Å²) in [5.74, 6) is 1.61. The van der Waals surface area contributed by atoms with Crippen molar-refractivity contribution < 1.29 is 9.53 Å². The molecule has 0 aliphatic carbocycles. The zero-order chi connectivity index (χ0) is 19.1. The minimum absolute atomic E-state index is 0.0247. The zero-order valence-corrected chi connectivity index (χ0v) is 16.1. The van der Waals surface area contributed by atoms with E-state index in [2.05, 4.69) is 29.8 Å². The van der Waals surface area contributed by atoms with Gasteiger partial charge in [0, 0.05) is 19.5 Å². The van der Waals surface area contributed by atoms with Crippen LogP contribution in [0.1, 0.15) is 31.7 Å². The van der Waals surface area contributed by atoms with Gasteiger partial charge in [-0.25, -0.2) is 4.98 Å². The number of fused-ring (bicyclic) bond motifs is 1. The van der Waals surface area contributed by atoms with Crippen LogP contribution < -0.4 is 10.1 Å². The molecule has 0 saturated carbocycles. The summed E-state index contributed by atoms with van der Waals surface area (Å²) in [6.45, 7) is 5.77. The Morgan fingerprint density at radius 3 is 2.63 bits per heavy atom. The molecule has 27 heavy (non-hydrogen) atoms. The van der Waals surface area contributed by atoms with Crippen LogP contribution in [0.3, 0.4) is 0 Å². The number of nitrogens with zero attached hydrogens (tertiary/aromatic N) is 2. The first-order chi connectivity index (χ1) is 13.2. The first-order valence-corrected chi connectivity index (χ1v) is 9.63. The number of aryl methyl sites for hydroxylation is 2. The summed E-state index contributed by atoms with van der Waals surface area (Å²) in [5, 5.41) is 2.92. The van der Waals surface area contributed by atoms with Crippen molar-refractivity contribution in [2.75, 3.05) is 13.2 Å². The highest BCUT2D eigenvalue weighted by molar-refractivity contribution is 5.77. The van der Waals surface area contributed by atoms with Crippen molar-refractivity contribution in [3.63, 3.8) is 0 Å². The Labute approximate surface area is 160 Å². The van der Waals surface area contributed by atoms with E-state index in [0.717, 1.165) is 36.2 Å². The van der Waals surface area contributed by atoms with Crippen LogP contribution in [0.5, 0.6) is 5.75 Å². The van der Waals surface area contributed by atoms with Crippen LogP contribution in [0.2, 0.25) is 0 Å². The highest BCUT2D eigenvalue weighted by Crippen LogP contribution is 2.17. The van der Waals surface area contributed by atoms with E-state index >= 15 is 0 Å². The monoisotopic (exact) mass is 365 g/mol. The van der Waals surface area contributed by atoms with E-state index in [-0.39, 0.29) is 12.5 Å². The molecule has 0 fully saturated rings. The van der Waals surface area contributed by atoms with E-state index < -0.39 is 0 Å². The summed E-state index contributed by atoms with van der Waals surface area (Å²) < 4.78 is 7.79. The summed E-state index contributed by atoms with van der Waals surface area (Å²) in [6.07, 6.45) is 2.74. The molecule has 2 aromatic carbocycles. The third-order valence-corrected chi connectivity index (χ3v) is 4.55. The van der Waals surface area contributed by atoms with Crippen molar-refractivity contribution in [1.29, 1.82) is 0 Å². The van der Waals surface area contributed by atoms with Crippen molar-refractivity contribution in [3.05, 3.63) is 59.9 Å². The lowest BCUT2D eigenvalue weighted by Crippen LogP contribution is -2.31. The lowest BCUT2D eigenvalue weighted by atomic mass is 10.2.